The van der Waals surface area contributed by atoms with E-state index in [-0.39, 0.29) is 5.91 Å². The molecule has 0 heterocycles. The molecule has 2 aromatic carbocycles. The van der Waals surface area contributed by atoms with Crippen molar-refractivity contribution >= 4 is 21.8 Å². The van der Waals surface area contributed by atoms with Crippen LogP contribution >= 0.6 is 15.9 Å². The predicted molar refractivity (Wildman–Crippen MR) is 94.8 cm³/mol. The van der Waals surface area contributed by atoms with Crippen molar-refractivity contribution in [1.82, 2.24) is 5.32 Å². The smallest absolute Gasteiger partial charge is 0.253 e. The Morgan fingerprint density at radius 2 is 1.96 bits per heavy atom. The summed E-state index contributed by atoms with van der Waals surface area (Å²) in [7, 11) is 0. The van der Waals surface area contributed by atoms with Crippen LogP contribution in [0.2, 0.25) is 0 Å². The molecule has 1 saturated carbocycles. The van der Waals surface area contributed by atoms with Gasteiger partial charge in [0.1, 0.15) is 12.4 Å². The van der Waals surface area contributed by atoms with Crippen LogP contribution in [-0.2, 0) is 6.61 Å². The average Bonchev–Trinajstić information content (AvgIpc) is 2.51. The molecule has 0 atom stereocenters. The van der Waals surface area contributed by atoms with E-state index in [1.54, 1.807) is 0 Å². The number of halogens is 1. The SMILES string of the molecule is Cc1c(OCc2ccccc2)ccc(Br)c1C(=O)NC1CCC1. The first-order chi connectivity index (χ1) is 11.1. The van der Waals surface area contributed by atoms with Crippen molar-refractivity contribution in [2.75, 3.05) is 0 Å². The zero-order chi connectivity index (χ0) is 16.2. The number of carbonyl (C=O) groups is 1. The highest BCUT2D eigenvalue weighted by molar-refractivity contribution is 9.10. The fourth-order valence-corrected chi connectivity index (χ4v) is 3.25. The molecular weight excluding hydrogens is 354 g/mol. The Bertz CT molecular complexity index is 696. The van der Waals surface area contributed by atoms with E-state index in [1.165, 1.54) is 6.42 Å². The lowest BCUT2D eigenvalue weighted by Crippen LogP contribution is -2.39. The summed E-state index contributed by atoms with van der Waals surface area (Å²) in [6, 6.07) is 14.1. The number of carbonyl (C=O) groups excluding carboxylic acids is 1. The predicted octanol–water partition coefficient (Wildman–Crippen LogP) is 4.62. The van der Waals surface area contributed by atoms with E-state index < -0.39 is 0 Å². The first kappa shape index (κ1) is 16.1. The molecule has 1 fully saturated rings. The molecule has 120 valence electrons. The summed E-state index contributed by atoms with van der Waals surface area (Å²) in [4.78, 5) is 12.5. The standard InChI is InChI=1S/C19H20BrNO2/c1-13-17(23-12-14-6-3-2-4-7-14)11-10-16(20)18(13)19(22)21-15-8-5-9-15/h2-4,6-7,10-11,15H,5,8-9,12H2,1H3,(H,21,22). The summed E-state index contributed by atoms with van der Waals surface area (Å²) >= 11 is 3.49. The quantitative estimate of drug-likeness (QED) is 0.830. The van der Waals surface area contributed by atoms with E-state index in [9.17, 15) is 4.79 Å². The molecule has 0 aromatic heterocycles. The molecule has 0 aliphatic heterocycles. The number of hydrogen-bond donors (Lipinski definition) is 1. The molecule has 1 aliphatic carbocycles. The summed E-state index contributed by atoms with van der Waals surface area (Å²) in [5.74, 6) is 0.722. The van der Waals surface area contributed by atoms with Crippen LogP contribution in [0, 0.1) is 6.92 Å². The molecule has 0 unspecified atom stereocenters. The number of amides is 1. The second-order valence-electron chi connectivity index (χ2n) is 5.92. The summed E-state index contributed by atoms with van der Waals surface area (Å²) in [5.41, 5.74) is 2.64. The third-order valence-electron chi connectivity index (χ3n) is 4.27. The van der Waals surface area contributed by atoms with Gasteiger partial charge in [-0.25, -0.2) is 0 Å². The third kappa shape index (κ3) is 3.75. The molecule has 3 rings (SSSR count). The maximum atomic E-state index is 12.5. The summed E-state index contributed by atoms with van der Waals surface area (Å²) in [6.07, 6.45) is 3.35. The second-order valence-corrected chi connectivity index (χ2v) is 6.78. The Morgan fingerprint density at radius 3 is 2.61 bits per heavy atom. The molecule has 0 radical (unpaired) electrons. The van der Waals surface area contributed by atoms with Gasteiger partial charge in [-0.05, 0) is 59.8 Å². The summed E-state index contributed by atoms with van der Waals surface area (Å²) in [6.45, 7) is 2.42. The maximum absolute atomic E-state index is 12.5. The van der Waals surface area contributed by atoms with E-state index in [2.05, 4.69) is 21.2 Å². The van der Waals surface area contributed by atoms with Gasteiger partial charge in [-0.3, -0.25) is 4.79 Å². The number of ether oxygens (including phenoxy) is 1. The molecule has 2 aromatic rings. The van der Waals surface area contributed by atoms with Crippen LogP contribution in [-0.4, -0.2) is 11.9 Å². The van der Waals surface area contributed by atoms with Crippen LogP contribution in [0.3, 0.4) is 0 Å². The van der Waals surface area contributed by atoms with Gasteiger partial charge in [0.05, 0.1) is 5.56 Å². The molecule has 1 amide bonds. The van der Waals surface area contributed by atoms with Crippen molar-refractivity contribution in [1.29, 1.82) is 0 Å². The summed E-state index contributed by atoms with van der Waals surface area (Å²) < 4.78 is 6.72. The van der Waals surface area contributed by atoms with Crippen LogP contribution in [0.15, 0.2) is 46.9 Å². The molecule has 1 aliphatic rings. The summed E-state index contributed by atoms with van der Waals surface area (Å²) in [5, 5.41) is 3.09. The Kier molecular flexibility index (Phi) is 5.01. The lowest BCUT2D eigenvalue weighted by Gasteiger charge is -2.27. The average molecular weight is 374 g/mol. The lowest BCUT2D eigenvalue weighted by atomic mass is 9.92. The van der Waals surface area contributed by atoms with Crippen molar-refractivity contribution in [2.24, 2.45) is 0 Å². The number of nitrogens with one attached hydrogen (secondary N) is 1. The zero-order valence-corrected chi connectivity index (χ0v) is 14.7. The van der Waals surface area contributed by atoms with Gasteiger partial charge in [0.25, 0.3) is 5.91 Å². The Morgan fingerprint density at radius 1 is 1.22 bits per heavy atom. The normalized spacial score (nSPS) is 14.2. The van der Waals surface area contributed by atoms with Crippen LogP contribution in [0.4, 0.5) is 0 Å². The first-order valence-corrected chi connectivity index (χ1v) is 8.71. The minimum Gasteiger partial charge on any atom is -0.489 e. The number of benzene rings is 2. The zero-order valence-electron chi connectivity index (χ0n) is 13.1. The molecule has 0 spiro atoms. The van der Waals surface area contributed by atoms with Crippen LogP contribution in [0.1, 0.15) is 40.7 Å². The van der Waals surface area contributed by atoms with E-state index in [0.29, 0.717) is 18.2 Å². The minimum atomic E-state index is -0.0239. The third-order valence-corrected chi connectivity index (χ3v) is 4.93. The van der Waals surface area contributed by atoms with E-state index in [4.69, 9.17) is 4.74 Å². The molecular formula is C19H20BrNO2. The van der Waals surface area contributed by atoms with Gasteiger partial charge in [-0.2, -0.15) is 0 Å². The fraction of sp³-hybridized carbons (Fsp3) is 0.316. The van der Waals surface area contributed by atoms with Gasteiger partial charge in [-0.1, -0.05) is 30.3 Å². The van der Waals surface area contributed by atoms with E-state index in [1.807, 2.05) is 49.4 Å². The highest BCUT2D eigenvalue weighted by Crippen LogP contribution is 2.30. The fourth-order valence-electron chi connectivity index (χ4n) is 2.64. The van der Waals surface area contributed by atoms with Gasteiger partial charge < -0.3 is 10.1 Å². The van der Waals surface area contributed by atoms with Gasteiger partial charge in [0.15, 0.2) is 0 Å². The second kappa shape index (κ2) is 7.18. The highest BCUT2D eigenvalue weighted by Gasteiger charge is 2.23. The minimum absolute atomic E-state index is 0.0239. The molecule has 4 heteroatoms. The van der Waals surface area contributed by atoms with E-state index >= 15 is 0 Å². The van der Waals surface area contributed by atoms with Gasteiger partial charge in [-0.15, -0.1) is 0 Å². The first-order valence-electron chi connectivity index (χ1n) is 7.92. The van der Waals surface area contributed by atoms with Crippen LogP contribution in [0.25, 0.3) is 0 Å². The van der Waals surface area contributed by atoms with Gasteiger partial charge in [0.2, 0.25) is 0 Å². The Hall–Kier alpha value is -1.81. The molecule has 3 nitrogen and oxygen atoms in total. The van der Waals surface area contributed by atoms with Crippen LogP contribution < -0.4 is 10.1 Å². The molecule has 0 bridgehead atoms. The van der Waals surface area contributed by atoms with Gasteiger partial charge >= 0.3 is 0 Å². The van der Waals surface area contributed by atoms with Crippen LogP contribution in [0.5, 0.6) is 5.75 Å². The Balaban J connectivity index is 1.76. The van der Waals surface area contributed by atoms with Gasteiger partial charge in [0, 0.05) is 16.1 Å². The molecule has 23 heavy (non-hydrogen) atoms. The monoisotopic (exact) mass is 373 g/mol. The van der Waals surface area contributed by atoms with Crippen molar-refractivity contribution in [2.45, 2.75) is 38.8 Å². The lowest BCUT2D eigenvalue weighted by molar-refractivity contribution is 0.0915. The maximum Gasteiger partial charge on any atom is 0.253 e. The largest absolute Gasteiger partial charge is 0.489 e. The van der Waals surface area contributed by atoms with Crippen molar-refractivity contribution < 1.29 is 9.53 Å². The topological polar surface area (TPSA) is 38.3 Å². The van der Waals surface area contributed by atoms with E-state index in [0.717, 1.165) is 34.2 Å². The highest BCUT2D eigenvalue weighted by atomic mass is 79.9. The van der Waals surface area contributed by atoms with Crippen molar-refractivity contribution in [3.8, 4) is 5.75 Å². The number of rotatable bonds is 5. The molecule has 1 N–H and O–H groups in total. The van der Waals surface area contributed by atoms with Crippen molar-refractivity contribution in [3.63, 3.8) is 0 Å². The van der Waals surface area contributed by atoms with Crippen molar-refractivity contribution in [3.05, 3.63) is 63.6 Å². The number of hydrogen-bond acceptors (Lipinski definition) is 2. The Labute approximate surface area is 145 Å². The molecule has 0 saturated heterocycles.